The minimum Gasteiger partial charge on any atom is -0.494 e. The zero-order chi connectivity index (χ0) is 31.7. The number of benzene rings is 3. The SMILES string of the molecule is C=CC(=O)OCCCCCCOc1ccc(C(=O)Oc2ccc(OC(=O)c3ccc(OCOC(=O)C=C)cc3)cc2C)cc1. The second-order valence-electron chi connectivity index (χ2n) is 9.32. The number of aryl methyl sites for hydroxylation is 1. The Balaban J connectivity index is 1.42. The second kappa shape index (κ2) is 17.5. The molecule has 0 unspecified atom stereocenters. The number of ether oxygens (including phenoxy) is 6. The van der Waals surface area contributed by atoms with Gasteiger partial charge in [0.25, 0.3) is 0 Å². The fraction of sp³-hybridized carbons (Fsp3) is 0.235. The number of unbranched alkanes of at least 4 members (excludes halogenated alkanes) is 3. The molecule has 0 saturated carbocycles. The van der Waals surface area contributed by atoms with Crippen molar-refractivity contribution in [3.05, 3.63) is 109 Å². The molecule has 0 aliphatic carbocycles. The predicted molar refractivity (Wildman–Crippen MR) is 161 cm³/mol. The summed E-state index contributed by atoms with van der Waals surface area (Å²) in [7, 11) is 0. The molecule has 0 aliphatic rings. The van der Waals surface area contributed by atoms with E-state index in [0.717, 1.165) is 37.8 Å². The molecule has 0 bridgehead atoms. The number of hydrogen-bond donors (Lipinski definition) is 0. The van der Waals surface area contributed by atoms with Gasteiger partial charge in [0.1, 0.15) is 23.0 Å². The molecule has 0 N–H and O–H groups in total. The zero-order valence-electron chi connectivity index (χ0n) is 24.5. The van der Waals surface area contributed by atoms with Gasteiger partial charge in [-0.05, 0) is 105 Å². The first-order chi connectivity index (χ1) is 21.3. The van der Waals surface area contributed by atoms with E-state index in [4.69, 9.17) is 28.4 Å². The van der Waals surface area contributed by atoms with E-state index in [0.29, 0.717) is 41.6 Å². The van der Waals surface area contributed by atoms with Crippen molar-refractivity contribution in [1.29, 1.82) is 0 Å². The zero-order valence-corrected chi connectivity index (χ0v) is 24.5. The van der Waals surface area contributed by atoms with Crippen LogP contribution >= 0.6 is 0 Å². The Labute approximate surface area is 255 Å². The molecule has 0 radical (unpaired) electrons. The minimum atomic E-state index is -0.608. The molecule has 0 atom stereocenters. The fourth-order valence-corrected chi connectivity index (χ4v) is 3.69. The normalized spacial score (nSPS) is 10.2. The van der Waals surface area contributed by atoms with Crippen molar-refractivity contribution in [2.45, 2.75) is 32.6 Å². The van der Waals surface area contributed by atoms with Gasteiger partial charge in [0.2, 0.25) is 6.79 Å². The lowest BCUT2D eigenvalue weighted by molar-refractivity contribution is -0.144. The van der Waals surface area contributed by atoms with E-state index in [-0.39, 0.29) is 18.1 Å². The van der Waals surface area contributed by atoms with Gasteiger partial charge in [-0.2, -0.15) is 0 Å². The lowest BCUT2D eigenvalue weighted by Gasteiger charge is -2.11. The van der Waals surface area contributed by atoms with E-state index in [9.17, 15) is 19.2 Å². The van der Waals surface area contributed by atoms with Crippen molar-refractivity contribution >= 4 is 23.9 Å². The van der Waals surface area contributed by atoms with Crippen LogP contribution in [-0.4, -0.2) is 43.9 Å². The third-order valence-electron chi connectivity index (χ3n) is 6.05. The van der Waals surface area contributed by atoms with Gasteiger partial charge in [-0.1, -0.05) is 13.2 Å². The maximum atomic E-state index is 12.7. The molecule has 10 nitrogen and oxygen atoms in total. The second-order valence-corrected chi connectivity index (χ2v) is 9.32. The van der Waals surface area contributed by atoms with Crippen LogP contribution in [0.2, 0.25) is 0 Å². The minimum absolute atomic E-state index is 0.279. The van der Waals surface area contributed by atoms with E-state index < -0.39 is 23.9 Å². The fourth-order valence-electron chi connectivity index (χ4n) is 3.69. The Bertz CT molecular complexity index is 1440. The van der Waals surface area contributed by atoms with Gasteiger partial charge in [0.15, 0.2) is 0 Å². The lowest BCUT2D eigenvalue weighted by atomic mass is 10.2. The number of hydrogen-bond acceptors (Lipinski definition) is 10. The molecule has 44 heavy (non-hydrogen) atoms. The van der Waals surface area contributed by atoms with E-state index in [2.05, 4.69) is 13.2 Å². The summed E-state index contributed by atoms with van der Waals surface area (Å²) in [6.45, 7) is 9.01. The first kappa shape index (κ1) is 33.1. The Hall–Kier alpha value is -5.38. The van der Waals surface area contributed by atoms with Gasteiger partial charge >= 0.3 is 23.9 Å². The molecule has 0 spiro atoms. The molecule has 0 heterocycles. The lowest BCUT2D eigenvalue weighted by Crippen LogP contribution is -2.11. The van der Waals surface area contributed by atoms with Gasteiger partial charge in [-0.25, -0.2) is 19.2 Å². The first-order valence-corrected chi connectivity index (χ1v) is 13.9. The van der Waals surface area contributed by atoms with E-state index in [1.165, 1.54) is 18.2 Å². The highest BCUT2D eigenvalue weighted by molar-refractivity contribution is 5.92. The monoisotopic (exact) mass is 602 g/mol. The van der Waals surface area contributed by atoms with Crippen LogP contribution in [0.5, 0.6) is 23.0 Å². The maximum Gasteiger partial charge on any atom is 0.343 e. The molecule has 3 rings (SSSR count). The van der Waals surface area contributed by atoms with Crippen molar-refractivity contribution in [3.63, 3.8) is 0 Å². The van der Waals surface area contributed by atoms with Gasteiger partial charge in [0.05, 0.1) is 24.3 Å². The highest BCUT2D eigenvalue weighted by Gasteiger charge is 2.14. The summed E-state index contributed by atoms with van der Waals surface area (Å²) in [4.78, 5) is 47.3. The Kier molecular flexibility index (Phi) is 13.2. The van der Waals surface area contributed by atoms with Crippen LogP contribution in [0.4, 0.5) is 0 Å². The Morgan fingerprint density at radius 1 is 0.614 bits per heavy atom. The number of rotatable bonds is 17. The van der Waals surface area contributed by atoms with Crippen LogP contribution in [0.3, 0.4) is 0 Å². The van der Waals surface area contributed by atoms with Gasteiger partial charge < -0.3 is 28.4 Å². The van der Waals surface area contributed by atoms with Gasteiger partial charge in [-0.15, -0.1) is 0 Å². The molecule has 3 aromatic carbocycles. The third kappa shape index (κ3) is 11.1. The summed E-state index contributed by atoms with van der Waals surface area (Å²) in [5, 5.41) is 0. The number of carbonyl (C=O) groups excluding carboxylic acids is 4. The van der Waals surface area contributed by atoms with Crippen molar-refractivity contribution in [3.8, 4) is 23.0 Å². The average molecular weight is 603 g/mol. The molecule has 230 valence electrons. The molecule has 0 aromatic heterocycles. The highest BCUT2D eigenvalue weighted by Crippen LogP contribution is 2.26. The van der Waals surface area contributed by atoms with Gasteiger partial charge in [0, 0.05) is 12.2 Å². The summed E-state index contributed by atoms with van der Waals surface area (Å²) in [5.41, 5.74) is 1.23. The summed E-state index contributed by atoms with van der Waals surface area (Å²) in [6.07, 6.45) is 5.67. The molecule has 10 heteroatoms. The van der Waals surface area contributed by atoms with E-state index in [1.807, 2.05) is 0 Å². The summed E-state index contributed by atoms with van der Waals surface area (Å²) < 4.78 is 31.7. The standard InChI is InChI=1S/C34H34O10/c1-4-31(35)40-21-9-7-6-8-20-39-27-14-10-26(11-15-27)34(38)44-30-19-18-29(22-24(30)3)43-33(37)25-12-16-28(17-13-25)41-23-42-32(36)5-2/h4-5,10-19,22H,1-2,6-9,20-21,23H2,3H3. The molecule has 0 aliphatic heterocycles. The Morgan fingerprint density at radius 2 is 1.14 bits per heavy atom. The van der Waals surface area contributed by atoms with Crippen molar-refractivity contribution < 1.29 is 47.6 Å². The van der Waals surface area contributed by atoms with Crippen molar-refractivity contribution in [1.82, 2.24) is 0 Å². The van der Waals surface area contributed by atoms with Crippen LogP contribution in [0.1, 0.15) is 52.0 Å². The summed E-state index contributed by atoms with van der Waals surface area (Å²) >= 11 is 0. The number of carbonyl (C=O) groups is 4. The maximum absolute atomic E-state index is 12.7. The summed E-state index contributed by atoms with van der Waals surface area (Å²) in [5.74, 6) is -0.502. The van der Waals surface area contributed by atoms with Crippen LogP contribution in [0.15, 0.2) is 92.0 Å². The quantitative estimate of drug-likeness (QED) is 0.0583. The van der Waals surface area contributed by atoms with Crippen LogP contribution in [0.25, 0.3) is 0 Å². The third-order valence-corrected chi connectivity index (χ3v) is 6.05. The molecule has 0 fully saturated rings. The van der Waals surface area contributed by atoms with Crippen LogP contribution in [0, 0.1) is 6.92 Å². The smallest absolute Gasteiger partial charge is 0.343 e. The van der Waals surface area contributed by atoms with Crippen molar-refractivity contribution in [2.24, 2.45) is 0 Å². The highest BCUT2D eigenvalue weighted by atomic mass is 16.7. The van der Waals surface area contributed by atoms with Crippen molar-refractivity contribution in [2.75, 3.05) is 20.0 Å². The van der Waals surface area contributed by atoms with Crippen LogP contribution < -0.4 is 18.9 Å². The average Bonchev–Trinajstić information content (AvgIpc) is 3.03. The van der Waals surface area contributed by atoms with E-state index in [1.54, 1.807) is 55.5 Å². The molecule has 3 aromatic rings. The van der Waals surface area contributed by atoms with Crippen LogP contribution in [-0.2, 0) is 19.1 Å². The molecular formula is C34H34O10. The van der Waals surface area contributed by atoms with Gasteiger partial charge in [-0.3, -0.25) is 0 Å². The Morgan fingerprint density at radius 3 is 1.73 bits per heavy atom. The topological polar surface area (TPSA) is 124 Å². The molecule has 0 saturated heterocycles. The largest absolute Gasteiger partial charge is 0.494 e. The number of esters is 4. The molecular weight excluding hydrogens is 568 g/mol. The first-order valence-electron chi connectivity index (χ1n) is 13.9. The molecule has 0 amide bonds. The predicted octanol–water partition coefficient (Wildman–Crippen LogP) is 6.17. The van der Waals surface area contributed by atoms with E-state index >= 15 is 0 Å². The summed E-state index contributed by atoms with van der Waals surface area (Å²) in [6, 6.07) is 17.5.